The Hall–Kier alpha value is -4.26. The minimum atomic E-state index is -0.744. The van der Waals surface area contributed by atoms with Crippen LogP contribution in [-0.2, 0) is 16.1 Å². The van der Waals surface area contributed by atoms with E-state index in [1.54, 1.807) is 18.5 Å². The van der Waals surface area contributed by atoms with E-state index < -0.39 is 17.7 Å². The molecule has 4 heterocycles. The van der Waals surface area contributed by atoms with Crippen LogP contribution >= 0.6 is 0 Å². The Morgan fingerprint density at radius 1 is 1.03 bits per heavy atom. The van der Waals surface area contributed by atoms with Crippen LogP contribution in [0.5, 0.6) is 0 Å². The van der Waals surface area contributed by atoms with Gasteiger partial charge >= 0.3 is 0 Å². The molecular formula is C27H24N4O3. The molecule has 7 heteroatoms. The van der Waals surface area contributed by atoms with Gasteiger partial charge in [0.05, 0.1) is 17.3 Å². The van der Waals surface area contributed by atoms with Gasteiger partial charge in [0.2, 0.25) is 0 Å². The van der Waals surface area contributed by atoms with Crippen LogP contribution in [0.4, 0.5) is 0 Å². The summed E-state index contributed by atoms with van der Waals surface area (Å²) in [4.78, 5) is 36.8. The molecule has 0 saturated carbocycles. The van der Waals surface area contributed by atoms with E-state index in [0.717, 1.165) is 22.3 Å². The van der Waals surface area contributed by atoms with Crippen molar-refractivity contribution in [2.24, 2.45) is 0 Å². The third kappa shape index (κ3) is 3.46. The first kappa shape index (κ1) is 21.6. The van der Waals surface area contributed by atoms with E-state index in [2.05, 4.69) is 9.97 Å². The van der Waals surface area contributed by atoms with Crippen molar-refractivity contribution in [3.05, 3.63) is 106 Å². The highest BCUT2D eigenvalue weighted by Crippen LogP contribution is 2.40. The quantitative estimate of drug-likeness (QED) is 0.284. The molecule has 1 aromatic carbocycles. The molecule has 1 saturated heterocycles. The molecule has 0 aliphatic carbocycles. The molecule has 5 rings (SSSR count). The average Bonchev–Trinajstić information content (AvgIpc) is 3.30. The van der Waals surface area contributed by atoms with E-state index in [-0.39, 0.29) is 17.9 Å². The monoisotopic (exact) mass is 452 g/mol. The van der Waals surface area contributed by atoms with Crippen molar-refractivity contribution in [3.8, 4) is 0 Å². The Balaban J connectivity index is 1.71. The highest BCUT2D eigenvalue weighted by atomic mass is 16.3. The van der Waals surface area contributed by atoms with E-state index >= 15 is 0 Å². The third-order valence-corrected chi connectivity index (χ3v) is 6.32. The lowest BCUT2D eigenvalue weighted by Crippen LogP contribution is -2.29. The molecule has 0 bridgehead atoms. The number of pyridine rings is 2. The van der Waals surface area contributed by atoms with Crippen molar-refractivity contribution in [2.45, 2.75) is 33.4 Å². The Kier molecular flexibility index (Phi) is 5.24. The number of fused-ring (bicyclic) bond motifs is 1. The number of nitrogens with zero attached hydrogens (tertiary/aromatic N) is 4. The number of carbonyl (C=O) groups excluding carboxylic acids is 2. The molecule has 3 aromatic heterocycles. The van der Waals surface area contributed by atoms with Crippen LogP contribution in [-0.4, -0.2) is 36.1 Å². The molecule has 1 N–H and O–H groups in total. The van der Waals surface area contributed by atoms with E-state index in [1.165, 1.54) is 4.90 Å². The van der Waals surface area contributed by atoms with Gasteiger partial charge in [-0.1, -0.05) is 42.0 Å². The topological polar surface area (TPSA) is 87.8 Å². The SMILES string of the molecule is Cc1ccc(C2C(=C(O)c3nc4c(C)cccn4c3C)C(=O)C(=O)N2Cc2cccnc2)cc1. The van der Waals surface area contributed by atoms with Gasteiger partial charge in [0, 0.05) is 25.1 Å². The second-order valence-electron chi connectivity index (χ2n) is 8.63. The molecule has 1 aliphatic heterocycles. The van der Waals surface area contributed by atoms with Gasteiger partial charge < -0.3 is 14.4 Å². The first-order valence-electron chi connectivity index (χ1n) is 11.1. The zero-order valence-electron chi connectivity index (χ0n) is 19.2. The fraction of sp³-hybridized carbons (Fsp3) is 0.185. The number of benzene rings is 1. The molecule has 1 atom stereocenters. The number of aromatic nitrogens is 3. The lowest BCUT2D eigenvalue weighted by atomic mass is 9.95. The number of aliphatic hydroxyl groups excluding tert-OH is 1. The number of carbonyl (C=O) groups is 2. The molecule has 0 radical (unpaired) electrons. The normalized spacial score (nSPS) is 17.6. The number of hydrogen-bond donors (Lipinski definition) is 1. The van der Waals surface area contributed by atoms with Crippen LogP contribution in [0, 0.1) is 20.8 Å². The fourth-order valence-electron chi connectivity index (χ4n) is 4.50. The molecule has 1 fully saturated rings. The lowest BCUT2D eigenvalue weighted by Gasteiger charge is -2.25. The second kappa shape index (κ2) is 8.26. The summed E-state index contributed by atoms with van der Waals surface area (Å²) in [5.74, 6) is -1.65. The third-order valence-electron chi connectivity index (χ3n) is 6.32. The second-order valence-corrected chi connectivity index (χ2v) is 8.63. The first-order chi connectivity index (χ1) is 16.4. The van der Waals surface area contributed by atoms with Gasteiger partial charge in [-0.2, -0.15) is 0 Å². The number of aliphatic hydroxyl groups is 1. The minimum Gasteiger partial charge on any atom is -0.505 e. The predicted octanol–water partition coefficient (Wildman–Crippen LogP) is 4.28. The summed E-state index contributed by atoms with van der Waals surface area (Å²) in [6.45, 7) is 5.93. The van der Waals surface area contributed by atoms with Crippen molar-refractivity contribution in [1.29, 1.82) is 0 Å². The molecule has 1 aliphatic rings. The maximum atomic E-state index is 13.3. The average molecular weight is 453 g/mol. The zero-order chi connectivity index (χ0) is 24.0. The molecule has 0 spiro atoms. The van der Waals surface area contributed by atoms with Crippen LogP contribution in [0.25, 0.3) is 11.4 Å². The highest BCUT2D eigenvalue weighted by Gasteiger charge is 2.46. The summed E-state index contributed by atoms with van der Waals surface area (Å²) in [6.07, 6.45) is 5.18. The molecule has 1 amide bonds. The van der Waals surface area contributed by atoms with Gasteiger partial charge in [-0.3, -0.25) is 14.6 Å². The smallest absolute Gasteiger partial charge is 0.295 e. The van der Waals surface area contributed by atoms with Crippen molar-refractivity contribution in [1.82, 2.24) is 19.3 Å². The fourth-order valence-corrected chi connectivity index (χ4v) is 4.50. The molecule has 170 valence electrons. The summed E-state index contributed by atoms with van der Waals surface area (Å²) in [6, 6.07) is 14.4. The number of rotatable bonds is 4. The van der Waals surface area contributed by atoms with Crippen molar-refractivity contribution >= 4 is 23.1 Å². The Bertz CT molecular complexity index is 1450. The number of imidazole rings is 1. The van der Waals surface area contributed by atoms with Gasteiger partial charge in [0.25, 0.3) is 11.7 Å². The maximum absolute atomic E-state index is 13.3. The standard InChI is InChI=1S/C27H24N4O3/c1-16-8-10-20(11-9-16)23-21(25(33)27(34)31(23)15-19-7-4-12-28-14-19)24(32)22-18(3)30-13-5-6-17(2)26(30)29-22/h4-14,23,32H,15H2,1-3H3. The molecule has 7 nitrogen and oxygen atoms in total. The maximum Gasteiger partial charge on any atom is 0.295 e. The van der Waals surface area contributed by atoms with E-state index in [4.69, 9.17) is 0 Å². The van der Waals surface area contributed by atoms with Gasteiger partial charge in [-0.15, -0.1) is 0 Å². The first-order valence-corrected chi connectivity index (χ1v) is 11.1. The number of Topliss-reactive ketones (excluding diaryl/α,β-unsaturated/α-hetero) is 1. The van der Waals surface area contributed by atoms with Crippen LogP contribution in [0.1, 0.15) is 39.7 Å². The summed E-state index contributed by atoms with van der Waals surface area (Å²) in [5, 5.41) is 11.4. The van der Waals surface area contributed by atoms with Gasteiger partial charge in [-0.25, -0.2) is 4.98 Å². The van der Waals surface area contributed by atoms with Crippen molar-refractivity contribution in [3.63, 3.8) is 0 Å². The number of ketones is 1. The molecule has 4 aromatic rings. The van der Waals surface area contributed by atoms with Crippen molar-refractivity contribution in [2.75, 3.05) is 0 Å². The zero-order valence-corrected chi connectivity index (χ0v) is 19.2. The largest absolute Gasteiger partial charge is 0.505 e. The van der Waals surface area contributed by atoms with Crippen LogP contribution in [0.2, 0.25) is 0 Å². The van der Waals surface area contributed by atoms with Gasteiger partial charge in [-0.05, 0) is 49.6 Å². The number of hydrogen-bond acceptors (Lipinski definition) is 5. The molecular weight excluding hydrogens is 428 g/mol. The van der Waals surface area contributed by atoms with E-state index in [0.29, 0.717) is 17.0 Å². The number of aryl methyl sites for hydroxylation is 3. The molecule has 1 unspecified atom stereocenters. The summed E-state index contributed by atoms with van der Waals surface area (Å²) < 4.78 is 1.87. The molecule has 34 heavy (non-hydrogen) atoms. The van der Waals surface area contributed by atoms with E-state index in [1.807, 2.05) is 73.8 Å². The Morgan fingerprint density at radius 2 is 1.79 bits per heavy atom. The highest BCUT2D eigenvalue weighted by molar-refractivity contribution is 6.46. The number of amides is 1. The Morgan fingerprint density at radius 3 is 2.47 bits per heavy atom. The van der Waals surface area contributed by atoms with Crippen LogP contribution in [0.3, 0.4) is 0 Å². The summed E-state index contributed by atoms with van der Waals surface area (Å²) >= 11 is 0. The van der Waals surface area contributed by atoms with E-state index in [9.17, 15) is 14.7 Å². The van der Waals surface area contributed by atoms with Crippen LogP contribution < -0.4 is 0 Å². The summed E-state index contributed by atoms with van der Waals surface area (Å²) in [5.41, 5.74) is 5.26. The van der Waals surface area contributed by atoms with Crippen LogP contribution in [0.15, 0.2) is 72.7 Å². The minimum absolute atomic E-state index is 0.0434. The lowest BCUT2D eigenvalue weighted by molar-refractivity contribution is -0.140. The van der Waals surface area contributed by atoms with Gasteiger partial charge in [0.1, 0.15) is 11.3 Å². The van der Waals surface area contributed by atoms with Crippen molar-refractivity contribution < 1.29 is 14.7 Å². The number of likely N-dealkylation sites (tertiary alicyclic amines) is 1. The Labute approximate surface area is 197 Å². The van der Waals surface area contributed by atoms with Gasteiger partial charge in [0.15, 0.2) is 5.76 Å². The summed E-state index contributed by atoms with van der Waals surface area (Å²) in [7, 11) is 0. The predicted molar refractivity (Wildman–Crippen MR) is 128 cm³/mol.